The van der Waals surface area contributed by atoms with E-state index < -0.39 is 0 Å². The molecular weight excluding hydrogens is 312 g/mol. The van der Waals surface area contributed by atoms with E-state index in [1.165, 1.54) is 5.69 Å². The van der Waals surface area contributed by atoms with Crippen LogP contribution in [0.5, 0.6) is 0 Å². The summed E-state index contributed by atoms with van der Waals surface area (Å²) in [5.41, 5.74) is 3.40. The van der Waals surface area contributed by atoms with Gasteiger partial charge in [0.25, 0.3) is 0 Å². The summed E-state index contributed by atoms with van der Waals surface area (Å²) in [5, 5.41) is 0. The molecule has 0 radical (unpaired) electrons. The highest BCUT2D eigenvalue weighted by Crippen LogP contribution is 2.19. The molecule has 1 fully saturated rings. The molecule has 0 aliphatic carbocycles. The lowest BCUT2D eigenvalue weighted by Gasteiger charge is -2.34. The topological polar surface area (TPSA) is 60.9 Å². The van der Waals surface area contributed by atoms with Gasteiger partial charge < -0.3 is 9.88 Å². The molecule has 1 aliphatic rings. The van der Waals surface area contributed by atoms with Crippen LogP contribution in [0.1, 0.15) is 11.4 Å². The molecule has 4 rings (SSSR count). The lowest BCUT2D eigenvalue weighted by atomic mass is 10.2. The second-order valence-electron chi connectivity index (χ2n) is 6.33. The minimum atomic E-state index is 0.825. The molecule has 1 saturated heterocycles. The summed E-state index contributed by atoms with van der Waals surface area (Å²) in [6, 6.07) is 12.1. The number of rotatable bonds is 4. The molecule has 1 N–H and O–H groups in total. The first-order chi connectivity index (χ1) is 12.3. The smallest absolute Gasteiger partial charge is 0.225 e. The Morgan fingerprint density at radius 1 is 0.960 bits per heavy atom. The second-order valence-corrected chi connectivity index (χ2v) is 6.33. The summed E-state index contributed by atoms with van der Waals surface area (Å²) in [5.74, 6) is 1.77. The van der Waals surface area contributed by atoms with Crippen LogP contribution in [0.2, 0.25) is 0 Å². The van der Waals surface area contributed by atoms with Crippen molar-refractivity contribution in [3.8, 4) is 11.4 Å². The van der Waals surface area contributed by atoms with E-state index in [4.69, 9.17) is 4.98 Å². The van der Waals surface area contributed by atoms with Crippen molar-refractivity contribution in [3.05, 3.63) is 60.2 Å². The van der Waals surface area contributed by atoms with E-state index >= 15 is 0 Å². The average molecular weight is 334 g/mol. The largest absolute Gasteiger partial charge is 0.341 e. The van der Waals surface area contributed by atoms with Gasteiger partial charge in [-0.05, 0) is 13.0 Å². The minimum Gasteiger partial charge on any atom is -0.341 e. The quantitative estimate of drug-likeness (QED) is 0.794. The zero-order valence-electron chi connectivity index (χ0n) is 14.4. The molecule has 25 heavy (non-hydrogen) atoms. The van der Waals surface area contributed by atoms with Crippen LogP contribution in [0, 0.1) is 6.92 Å². The van der Waals surface area contributed by atoms with Crippen molar-refractivity contribution in [1.29, 1.82) is 0 Å². The van der Waals surface area contributed by atoms with Gasteiger partial charge in [-0.1, -0.05) is 30.3 Å². The number of nitrogens with one attached hydrogen (secondary N) is 1. The molecule has 0 saturated carbocycles. The van der Waals surface area contributed by atoms with Gasteiger partial charge in [-0.2, -0.15) is 0 Å². The van der Waals surface area contributed by atoms with E-state index in [0.29, 0.717) is 0 Å². The van der Waals surface area contributed by atoms with Gasteiger partial charge in [0, 0.05) is 50.7 Å². The first-order valence-electron chi connectivity index (χ1n) is 8.65. The van der Waals surface area contributed by atoms with Gasteiger partial charge in [-0.15, -0.1) is 0 Å². The Bertz CT molecular complexity index is 806. The molecule has 3 aromatic rings. The fraction of sp³-hybridized carbons (Fsp3) is 0.316. The third kappa shape index (κ3) is 3.53. The van der Waals surface area contributed by atoms with Gasteiger partial charge in [0.15, 0.2) is 0 Å². The molecule has 3 heterocycles. The summed E-state index contributed by atoms with van der Waals surface area (Å²) in [6.07, 6.45) is 3.60. The van der Waals surface area contributed by atoms with Crippen LogP contribution in [0.25, 0.3) is 11.4 Å². The van der Waals surface area contributed by atoms with Crippen molar-refractivity contribution in [2.45, 2.75) is 13.5 Å². The highest BCUT2D eigenvalue weighted by molar-refractivity contribution is 5.55. The Morgan fingerprint density at radius 3 is 2.40 bits per heavy atom. The number of aryl methyl sites for hydroxylation is 1. The van der Waals surface area contributed by atoms with E-state index in [1.54, 1.807) is 12.4 Å². The maximum atomic E-state index is 4.70. The Labute approximate surface area is 147 Å². The number of aromatic amines is 1. The maximum absolute atomic E-state index is 4.70. The van der Waals surface area contributed by atoms with E-state index in [-0.39, 0.29) is 0 Å². The summed E-state index contributed by atoms with van der Waals surface area (Å²) < 4.78 is 0. The van der Waals surface area contributed by atoms with E-state index in [2.05, 4.69) is 43.8 Å². The molecule has 0 amide bonds. The van der Waals surface area contributed by atoms with Crippen molar-refractivity contribution < 1.29 is 0 Å². The van der Waals surface area contributed by atoms with Gasteiger partial charge in [0.1, 0.15) is 5.82 Å². The van der Waals surface area contributed by atoms with Crippen LogP contribution in [-0.2, 0) is 6.54 Å². The standard InChI is InChI=1S/C19H22N6/c1-15-17(23-18(22-15)16-6-3-2-4-7-16)14-24-10-12-25(13-11-24)19-20-8-5-9-21-19/h2-9H,10-14H2,1H3,(H,22,23). The molecule has 0 bridgehead atoms. The van der Waals surface area contributed by atoms with Crippen LogP contribution in [-0.4, -0.2) is 51.0 Å². The van der Waals surface area contributed by atoms with Crippen LogP contribution in [0.3, 0.4) is 0 Å². The predicted octanol–water partition coefficient (Wildman–Crippen LogP) is 2.50. The number of nitrogens with zero attached hydrogens (tertiary/aromatic N) is 5. The zero-order chi connectivity index (χ0) is 17.1. The third-order valence-corrected chi connectivity index (χ3v) is 4.62. The molecule has 0 spiro atoms. The van der Waals surface area contributed by atoms with E-state index in [9.17, 15) is 0 Å². The van der Waals surface area contributed by atoms with E-state index in [1.807, 2.05) is 24.3 Å². The molecule has 0 unspecified atom stereocenters. The van der Waals surface area contributed by atoms with Gasteiger partial charge in [0.2, 0.25) is 5.95 Å². The Kier molecular flexibility index (Phi) is 4.43. The molecule has 2 aromatic heterocycles. The summed E-state index contributed by atoms with van der Waals surface area (Å²) in [4.78, 5) is 21.6. The van der Waals surface area contributed by atoms with Crippen LogP contribution in [0.15, 0.2) is 48.8 Å². The van der Waals surface area contributed by atoms with Gasteiger partial charge >= 0.3 is 0 Å². The van der Waals surface area contributed by atoms with Crippen molar-refractivity contribution >= 4 is 5.95 Å². The lowest BCUT2D eigenvalue weighted by molar-refractivity contribution is 0.246. The fourth-order valence-corrected chi connectivity index (χ4v) is 3.17. The Balaban J connectivity index is 1.40. The summed E-state index contributed by atoms with van der Waals surface area (Å²) >= 11 is 0. The van der Waals surface area contributed by atoms with Crippen LogP contribution in [0.4, 0.5) is 5.95 Å². The lowest BCUT2D eigenvalue weighted by Crippen LogP contribution is -2.46. The van der Waals surface area contributed by atoms with Crippen molar-refractivity contribution in [3.63, 3.8) is 0 Å². The first kappa shape index (κ1) is 15.8. The van der Waals surface area contributed by atoms with E-state index in [0.717, 1.165) is 55.8 Å². The monoisotopic (exact) mass is 334 g/mol. The summed E-state index contributed by atoms with van der Waals surface area (Å²) in [7, 11) is 0. The number of anilines is 1. The highest BCUT2D eigenvalue weighted by Gasteiger charge is 2.20. The fourth-order valence-electron chi connectivity index (χ4n) is 3.17. The predicted molar refractivity (Wildman–Crippen MR) is 98.3 cm³/mol. The SMILES string of the molecule is Cc1nc(-c2ccccc2)[nH]c1CN1CCN(c2ncccn2)CC1. The molecule has 6 nitrogen and oxygen atoms in total. The molecule has 128 valence electrons. The third-order valence-electron chi connectivity index (χ3n) is 4.62. The molecule has 6 heteroatoms. The van der Waals surface area contributed by atoms with Crippen molar-refractivity contribution in [2.24, 2.45) is 0 Å². The van der Waals surface area contributed by atoms with Crippen LogP contribution >= 0.6 is 0 Å². The van der Waals surface area contributed by atoms with Gasteiger partial charge in [-0.3, -0.25) is 4.90 Å². The number of hydrogen-bond acceptors (Lipinski definition) is 5. The Morgan fingerprint density at radius 2 is 1.68 bits per heavy atom. The maximum Gasteiger partial charge on any atom is 0.225 e. The average Bonchev–Trinajstić information content (AvgIpc) is 3.04. The van der Waals surface area contributed by atoms with Crippen LogP contribution < -0.4 is 4.90 Å². The minimum absolute atomic E-state index is 0.825. The first-order valence-corrected chi connectivity index (χ1v) is 8.65. The van der Waals surface area contributed by atoms with Gasteiger partial charge in [0.05, 0.1) is 11.4 Å². The van der Waals surface area contributed by atoms with Crippen molar-refractivity contribution in [1.82, 2.24) is 24.8 Å². The number of H-pyrrole nitrogens is 1. The van der Waals surface area contributed by atoms with Crippen molar-refractivity contribution in [2.75, 3.05) is 31.1 Å². The number of hydrogen-bond donors (Lipinski definition) is 1. The molecule has 1 aromatic carbocycles. The Hall–Kier alpha value is -2.73. The van der Waals surface area contributed by atoms with Gasteiger partial charge in [-0.25, -0.2) is 15.0 Å². The zero-order valence-corrected chi connectivity index (χ0v) is 14.4. The number of imidazole rings is 1. The highest BCUT2D eigenvalue weighted by atomic mass is 15.3. The number of piperazine rings is 1. The molecule has 0 atom stereocenters. The summed E-state index contributed by atoms with van der Waals surface area (Å²) in [6.45, 7) is 6.86. The number of benzene rings is 1. The molecular formula is C19H22N6. The number of aromatic nitrogens is 4. The molecule has 1 aliphatic heterocycles. The normalized spacial score (nSPS) is 15.5. The second kappa shape index (κ2) is 7.03.